The SMILES string of the molecule is COc1cc(C=O)ccc1OCC#CI. The molecule has 0 saturated heterocycles. The van der Waals surface area contributed by atoms with Crippen LogP contribution in [0.1, 0.15) is 10.4 Å². The van der Waals surface area contributed by atoms with E-state index in [4.69, 9.17) is 9.47 Å². The van der Waals surface area contributed by atoms with E-state index in [2.05, 4.69) is 9.85 Å². The van der Waals surface area contributed by atoms with E-state index in [1.165, 1.54) is 7.11 Å². The van der Waals surface area contributed by atoms with E-state index in [1.54, 1.807) is 18.2 Å². The quantitative estimate of drug-likeness (QED) is 0.486. The van der Waals surface area contributed by atoms with Crippen molar-refractivity contribution in [1.29, 1.82) is 0 Å². The summed E-state index contributed by atoms with van der Waals surface area (Å²) < 4.78 is 13.1. The molecule has 0 aliphatic carbocycles. The van der Waals surface area contributed by atoms with Gasteiger partial charge >= 0.3 is 0 Å². The van der Waals surface area contributed by atoms with Crippen LogP contribution < -0.4 is 9.47 Å². The maximum atomic E-state index is 10.5. The van der Waals surface area contributed by atoms with Crippen LogP contribution in [-0.4, -0.2) is 20.0 Å². The molecule has 3 nitrogen and oxygen atoms in total. The predicted molar refractivity (Wildman–Crippen MR) is 65.7 cm³/mol. The predicted octanol–water partition coefficient (Wildman–Crippen LogP) is 2.28. The molecule has 0 bridgehead atoms. The fraction of sp³-hybridized carbons (Fsp3) is 0.182. The normalized spacial score (nSPS) is 8.67. The molecule has 0 heterocycles. The highest BCUT2D eigenvalue weighted by Gasteiger charge is 2.04. The Labute approximate surface area is 102 Å². The van der Waals surface area contributed by atoms with Gasteiger partial charge in [-0.1, -0.05) is 5.92 Å². The minimum Gasteiger partial charge on any atom is -0.493 e. The van der Waals surface area contributed by atoms with E-state index in [-0.39, 0.29) is 0 Å². The minimum absolute atomic E-state index is 0.305. The first kappa shape index (κ1) is 11.9. The van der Waals surface area contributed by atoms with Crippen LogP contribution >= 0.6 is 22.6 Å². The zero-order valence-corrected chi connectivity index (χ0v) is 10.3. The smallest absolute Gasteiger partial charge is 0.162 e. The van der Waals surface area contributed by atoms with Crippen LogP contribution in [0.3, 0.4) is 0 Å². The number of rotatable bonds is 4. The van der Waals surface area contributed by atoms with E-state index < -0.39 is 0 Å². The molecule has 0 aliphatic heterocycles. The second kappa shape index (κ2) is 6.30. The Morgan fingerprint density at radius 2 is 2.27 bits per heavy atom. The Morgan fingerprint density at radius 1 is 1.47 bits per heavy atom. The van der Waals surface area contributed by atoms with Crippen molar-refractivity contribution in [2.24, 2.45) is 0 Å². The van der Waals surface area contributed by atoms with Gasteiger partial charge in [0.1, 0.15) is 12.9 Å². The van der Waals surface area contributed by atoms with Crippen molar-refractivity contribution in [3.05, 3.63) is 23.8 Å². The van der Waals surface area contributed by atoms with Crippen molar-refractivity contribution < 1.29 is 14.3 Å². The average molecular weight is 316 g/mol. The lowest BCUT2D eigenvalue weighted by atomic mass is 10.2. The molecule has 0 radical (unpaired) electrons. The van der Waals surface area contributed by atoms with Gasteiger partial charge in [0.25, 0.3) is 0 Å². The summed E-state index contributed by atoms with van der Waals surface area (Å²) in [5.74, 6) is 3.89. The second-order valence-electron chi connectivity index (χ2n) is 2.59. The van der Waals surface area contributed by atoms with Crippen LogP contribution in [-0.2, 0) is 0 Å². The molecule has 0 spiro atoms. The van der Waals surface area contributed by atoms with Crippen LogP contribution in [0.5, 0.6) is 11.5 Å². The van der Waals surface area contributed by atoms with Gasteiger partial charge in [-0.25, -0.2) is 0 Å². The molecule has 15 heavy (non-hydrogen) atoms. The van der Waals surface area contributed by atoms with Gasteiger partial charge < -0.3 is 9.47 Å². The highest BCUT2D eigenvalue weighted by Crippen LogP contribution is 2.27. The van der Waals surface area contributed by atoms with Gasteiger partial charge in [-0.15, -0.1) is 0 Å². The zero-order chi connectivity index (χ0) is 11.1. The summed E-state index contributed by atoms with van der Waals surface area (Å²) in [6.07, 6.45) is 0.761. The van der Waals surface area contributed by atoms with E-state index in [0.717, 1.165) is 6.29 Å². The third-order valence-electron chi connectivity index (χ3n) is 1.69. The molecular weight excluding hydrogens is 307 g/mol. The number of ether oxygens (including phenoxy) is 2. The molecular formula is C11H9IO3. The summed E-state index contributed by atoms with van der Waals surface area (Å²) in [4.78, 5) is 10.5. The molecule has 0 N–H and O–H groups in total. The monoisotopic (exact) mass is 316 g/mol. The first-order valence-corrected chi connectivity index (χ1v) is 5.24. The Kier molecular flexibility index (Phi) is 4.98. The highest BCUT2D eigenvalue weighted by atomic mass is 127. The number of carbonyl (C=O) groups excluding carboxylic acids is 1. The molecule has 78 valence electrons. The fourth-order valence-electron chi connectivity index (χ4n) is 1.02. The Hall–Kier alpha value is -1.22. The van der Waals surface area contributed by atoms with E-state index in [1.807, 2.05) is 22.6 Å². The summed E-state index contributed by atoms with van der Waals surface area (Å²) in [6, 6.07) is 4.99. The molecule has 0 aromatic heterocycles. The fourth-order valence-corrected chi connectivity index (χ4v) is 1.17. The third-order valence-corrected chi connectivity index (χ3v) is 2.07. The number of benzene rings is 1. The maximum Gasteiger partial charge on any atom is 0.162 e. The second-order valence-corrected chi connectivity index (χ2v) is 3.13. The van der Waals surface area contributed by atoms with Crippen molar-refractivity contribution in [1.82, 2.24) is 0 Å². The van der Waals surface area contributed by atoms with Gasteiger partial charge in [0.05, 0.1) is 7.11 Å². The van der Waals surface area contributed by atoms with E-state index in [9.17, 15) is 4.79 Å². The van der Waals surface area contributed by atoms with Crippen LogP contribution in [0.25, 0.3) is 0 Å². The number of carbonyl (C=O) groups is 1. The molecule has 0 unspecified atom stereocenters. The molecule has 0 saturated carbocycles. The van der Waals surface area contributed by atoms with Crippen molar-refractivity contribution in [2.75, 3.05) is 13.7 Å². The molecule has 1 aromatic carbocycles. The number of halogens is 1. The number of aldehydes is 1. The van der Waals surface area contributed by atoms with Crippen molar-refractivity contribution in [2.45, 2.75) is 0 Å². The van der Waals surface area contributed by atoms with Gasteiger partial charge in [0, 0.05) is 28.2 Å². The van der Waals surface area contributed by atoms with Crippen molar-refractivity contribution >= 4 is 28.9 Å². The Morgan fingerprint density at radius 3 is 2.87 bits per heavy atom. The maximum absolute atomic E-state index is 10.5. The lowest BCUT2D eigenvalue weighted by Crippen LogP contribution is -1.97. The molecule has 1 aromatic rings. The van der Waals surface area contributed by atoms with Gasteiger partial charge in [0.15, 0.2) is 11.5 Å². The van der Waals surface area contributed by atoms with Crippen LogP contribution in [0, 0.1) is 9.85 Å². The zero-order valence-electron chi connectivity index (χ0n) is 8.12. The molecule has 0 amide bonds. The average Bonchev–Trinajstić information content (AvgIpc) is 2.29. The Balaban J connectivity index is 2.85. The van der Waals surface area contributed by atoms with Crippen LogP contribution in [0.4, 0.5) is 0 Å². The first-order chi connectivity index (χ1) is 7.31. The summed E-state index contributed by atoms with van der Waals surface area (Å²) in [5.41, 5.74) is 0.555. The van der Waals surface area contributed by atoms with Crippen LogP contribution in [0.15, 0.2) is 18.2 Å². The summed E-state index contributed by atoms with van der Waals surface area (Å²) in [6.45, 7) is 0.305. The number of hydrogen-bond donors (Lipinski definition) is 0. The first-order valence-electron chi connectivity index (χ1n) is 4.16. The standard InChI is InChI=1S/C11H9IO3/c1-14-11-7-9(8-13)3-4-10(11)15-6-2-5-12/h3-4,7-8H,6H2,1H3. The summed E-state index contributed by atoms with van der Waals surface area (Å²) in [7, 11) is 1.53. The van der Waals surface area contributed by atoms with Gasteiger partial charge in [-0.2, -0.15) is 0 Å². The van der Waals surface area contributed by atoms with E-state index in [0.29, 0.717) is 23.7 Å². The lowest BCUT2D eigenvalue weighted by molar-refractivity contribution is 0.112. The largest absolute Gasteiger partial charge is 0.493 e. The highest BCUT2D eigenvalue weighted by molar-refractivity contribution is 14.1. The van der Waals surface area contributed by atoms with E-state index >= 15 is 0 Å². The minimum atomic E-state index is 0.305. The van der Waals surface area contributed by atoms with Crippen molar-refractivity contribution in [3.63, 3.8) is 0 Å². The number of methoxy groups -OCH3 is 1. The lowest BCUT2D eigenvalue weighted by Gasteiger charge is -2.08. The molecule has 4 heteroatoms. The molecule has 1 rings (SSSR count). The Bertz CT molecular complexity index is 404. The van der Waals surface area contributed by atoms with Crippen molar-refractivity contribution in [3.8, 4) is 21.3 Å². The number of hydrogen-bond acceptors (Lipinski definition) is 3. The van der Waals surface area contributed by atoms with Gasteiger partial charge in [0.2, 0.25) is 0 Å². The summed E-state index contributed by atoms with van der Waals surface area (Å²) in [5, 5.41) is 0. The van der Waals surface area contributed by atoms with Gasteiger partial charge in [-0.05, 0) is 22.1 Å². The van der Waals surface area contributed by atoms with Gasteiger partial charge in [-0.3, -0.25) is 4.79 Å². The van der Waals surface area contributed by atoms with Crippen LogP contribution in [0.2, 0.25) is 0 Å². The molecule has 0 aliphatic rings. The third kappa shape index (κ3) is 3.44. The summed E-state index contributed by atoms with van der Waals surface area (Å²) >= 11 is 1.94. The molecule has 0 fully saturated rings. The molecule has 0 atom stereocenters. The topological polar surface area (TPSA) is 35.5 Å².